The van der Waals surface area contributed by atoms with Crippen LogP contribution in [0.5, 0.6) is 17.2 Å². The number of likely N-dealkylation sites (tertiary alicyclic amines) is 1. The molecule has 1 fully saturated rings. The van der Waals surface area contributed by atoms with Crippen molar-refractivity contribution in [3.05, 3.63) is 45.9 Å². The van der Waals surface area contributed by atoms with Gasteiger partial charge in [0, 0.05) is 16.6 Å². The van der Waals surface area contributed by atoms with Crippen molar-refractivity contribution in [2.75, 3.05) is 13.2 Å². The molecule has 0 bridgehead atoms. The topological polar surface area (TPSA) is 124 Å². The number of benzene rings is 2. The summed E-state index contributed by atoms with van der Waals surface area (Å²) in [6.07, 6.45) is -4.14. The number of hydrogen-bond donors (Lipinski definition) is 3. The van der Waals surface area contributed by atoms with E-state index in [0.29, 0.717) is 29.4 Å². The summed E-state index contributed by atoms with van der Waals surface area (Å²) in [5, 5.41) is 30.1. The summed E-state index contributed by atoms with van der Waals surface area (Å²) in [4.78, 5) is 13.6. The monoisotopic (exact) mass is 553 g/mol. The zero-order valence-electron chi connectivity index (χ0n) is 16.8. The van der Waals surface area contributed by atoms with Gasteiger partial charge in [0.05, 0.1) is 24.0 Å². The number of aliphatic hydroxyl groups excluding tert-OH is 1. The van der Waals surface area contributed by atoms with Crippen LogP contribution in [0.3, 0.4) is 0 Å². The number of phenolic OH excluding ortho intramolecular Hbond substituents is 2. The zero-order chi connectivity index (χ0) is 24.6. The summed E-state index contributed by atoms with van der Waals surface area (Å²) in [5.74, 6) is -4.23. The van der Waals surface area contributed by atoms with Crippen LogP contribution in [-0.2, 0) is 15.6 Å². The van der Waals surface area contributed by atoms with E-state index in [9.17, 15) is 41.7 Å². The molecule has 1 saturated heterocycles. The van der Waals surface area contributed by atoms with E-state index in [1.807, 2.05) is 0 Å². The number of alkyl halides is 3. The van der Waals surface area contributed by atoms with Gasteiger partial charge >= 0.3 is 6.36 Å². The molecule has 1 aliphatic rings. The second kappa shape index (κ2) is 9.39. The first kappa shape index (κ1) is 25.1. The van der Waals surface area contributed by atoms with Gasteiger partial charge in [0.1, 0.15) is 22.1 Å². The Kier molecular flexibility index (Phi) is 7.15. The number of aliphatic hydroxyl groups is 1. The molecule has 1 heterocycles. The van der Waals surface area contributed by atoms with Gasteiger partial charge in [0.15, 0.2) is 9.84 Å². The Hall–Kier alpha value is -2.51. The Morgan fingerprint density at radius 2 is 1.91 bits per heavy atom. The van der Waals surface area contributed by atoms with Crippen molar-refractivity contribution in [2.45, 2.75) is 35.9 Å². The van der Waals surface area contributed by atoms with Crippen LogP contribution in [0.15, 0.2) is 39.7 Å². The highest BCUT2D eigenvalue weighted by Gasteiger charge is 2.35. The lowest BCUT2D eigenvalue weighted by molar-refractivity contribution is -0.274. The third-order valence-corrected chi connectivity index (χ3v) is 7.26. The molecule has 3 N–H and O–H groups in total. The SMILES string of the molecule is O=C(c1cc(OC(F)(F)F)cc(CS(=O)(=O)c2cc(Br)ccc2O)c1O)N1CCC[C@@H]1CO. The molecule has 1 atom stereocenters. The molecule has 0 radical (unpaired) electrons. The molecule has 2 aromatic carbocycles. The molecule has 3 rings (SSSR count). The molecule has 0 aliphatic carbocycles. The summed E-state index contributed by atoms with van der Waals surface area (Å²) in [5.41, 5.74) is -1.13. The lowest BCUT2D eigenvalue weighted by Gasteiger charge is -2.24. The summed E-state index contributed by atoms with van der Waals surface area (Å²) in [6, 6.07) is 4.34. The normalized spacial score (nSPS) is 16.8. The van der Waals surface area contributed by atoms with Crippen LogP contribution in [-0.4, -0.2) is 60.1 Å². The van der Waals surface area contributed by atoms with Crippen molar-refractivity contribution in [3.8, 4) is 17.2 Å². The smallest absolute Gasteiger partial charge is 0.507 e. The number of phenols is 2. The standard InChI is InChI=1S/C20H19BrF3NO7S/c21-12-3-4-16(27)17(7-12)33(30,31)10-11-6-14(32-20(22,23)24)8-15(18(11)28)19(29)25-5-1-2-13(25)9-26/h3-4,6-8,13,26-28H,1-2,5,9-10H2/t13-/m1/s1. The maximum Gasteiger partial charge on any atom is 0.573 e. The number of carbonyl (C=O) groups is 1. The van der Waals surface area contributed by atoms with Gasteiger partial charge < -0.3 is 25.0 Å². The Labute approximate surface area is 195 Å². The predicted molar refractivity (Wildman–Crippen MR) is 113 cm³/mol. The minimum absolute atomic E-state index is 0.202. The van der Waals surface area contributed by atoms with Crippen molar-refractivity contribution in [2.24, 2.45) is 0 Å². The third kappa shape index (κ3) is 5.71. The molecule has 0 unspecified atom stereocenters. The fourth-order valence-electron chi connectivity index (χ4n) is 3.60. The number of sulfone groups is 1. The average molecular weight is 554 g/mol. The summed E-state index contributed by atoms with van der Waals surface area (Å²) < 4.78 is 68.5. The first-order valence-electron chi connectivity index (χ1n) is 9.57. The molecule has 0 spiro atoms. The van der Waals surface area contributed by atoms with E-state index in [4.69, 9.17) is 0 Å². The highest BCUT2D eigenvalue weighted by Crippen LogP contribution is 2.37. The Morgan fingerprint density at radius 3 is 2.55 bits per heavy atom. The van der Waals surface area contributed by atoms with Gasteiger partial charge in [-0.2, -0.15) is 0 Å². The molecule has 0 saturated carbocycles. The number of carbonyl (C=O) groups excluding carboxylic acids is 1. The maximum atomic E-state index is 13.0. The number of rotatable bonds is 6. The van der Waals surface area contributed by atoms with Gasteiger partial charge in [0.25, 0.3) is 5.91 Å². The van der Waals surface area contributed by atoms with E-state index in [2.05, 4.69) is 20.7 Å². The minimum atomic E-state index is -5.14. The number of ether oxygens (including phenoxy) is 1. The number of hydrogen-bond acceptors (Lipinski definition) is 7. The third-order valence-electron chi connectivity index (χ3n) is 5.08. The van der Waals surface area contributed by atoms with Gasteiger partial charge in [-0.15, -0.1) is 13.2 Å². The van der Waals surface area contributed by atoms with Crippen LogP contribution in [0, 0.1) is 0 Å². The van der Waals surface area contributed by atoms with Gasteiger partial charge in [-0.25, -0.2) is 8.42 Å². The molecule has 2 aromatic rings. The molecule has 0 aromatic heterocycles. The molecule has 1 amide bonds. The highest BCUT2D eigenvalue weighted by atomic mass is 79.9. The van der Waals surface area contributed by atoms with Gasteiger partial charge in [-0.1, -0.05) is 15.9 Å². The van der Waals surface area contributed by atoms with Crippen molar-refractivity contribution >= 4 is 31.7 Å². The van der Waals surface area contributed by atoms with Crippen LogP contribution in [0.1, 0.15) is 28.8 Å². The quantitative estimate of drug-likeness (QED) is 0.501. The molecule has 33 heavy (non-hydrogen) atoms. The Balaban J connectivity index is 2.08. The average Bonchev–Trinajstić information content (AvgIpc) is 3.19. The lowest BCUT2D eigenvalue weighted by atomic mass is 10.1. The fourth-order valence-corrected chi connectivity index (χ4v) is 5.59. The van der Waals surface area contributed by atoms with Gasteiger partial charge in [-0.3, -0.25) is 4.79 Å². The van der Waals surface area contributed by atoms with Crippen LogP contribution in [0.2, 0.25) is 0 Å². The number of nitrogens with zero attached hydrogens (tertiary/aromatic N) is 1. The van der Waals surface area contributed by atoms with E-state index >= 15 is 0 Å². The zero-order valence-corrected chi connectivity index (χ0v) is 19.2. The molecule has 13 heteroatoms. The summed E-state index contributed by atoms with van der Waals surface area (Å²) >= 11 is 3.07. The number of halogens is 4. The first-order chi connectivity index (χ1) is 15.3. The van der Waals surface area contributed by atoms with Crippen molar-refractivity contribution < 1.29 is 46.4 Å². The maximum absolute atomic E-state index is 13.0. The van der Waals surface area contributed by atoms with E-state index in [1.165, 1.54) is 11.0 Å². The molecular weight excluding hydrogens is 535 g/mol. The number of aromatic hydroxyl groups is 2. The van der Waals surface area contributed by atoms with Crippen LogP contribution < -0.4 is 4.74 Å². The van der Waals surface area contributed by atoms with E-state index < -0.39 is 67.2 Å². The van der Waals surface area contributed by atoms with Gasteiger partial charge in [0.2, 0.25) is 0 Å². The van der Waals surface area contributed by atoms with E-state index in [-0.39, 0.29) is 13.2 Å². The Morgan fingerprint density at radius 1 is 1.21 bits per heavy atom. The summed E-state index contributed by atoms with van der Waals surface area (Å²) in [7, 11) is -4.37. The number of amides is 1. The van der Waals surface area contributed by atoms with Crippen molar-refractivity contribution in [1.82, 2.24) is 4.90 Å². The van der Waals surface area contributed by atoms with Crippen LogP contribution in [0.4, 0.5) is 13.2 Å². The molecular formula is C20H19BrF3NO7S. The van der Waals surface area contributed by atoms with Gasteiger partial charge in [-0.05, 0) is 43.2 Å². The Bertz CT molecular complexity index is 1170. The van der Waals surface area contributed by atoms with E-state index in [0.717, 1.165) is 12.1 Å². The van der Waals surface area contributed by atoms with Crippen LogP contribution >= 0.6 is 15.9 Å². The second-order valence-electron chi connectivity index (χ2n) is 7.37. The van der Waals surface area contributed by atoms with Crippen molar-refractivity contribution in [1.29, 1.82) is 0 Å². The lowest BCUT2D eigenvalue weighted by Crippen LogP contribution is -2.37. The second-order valence-corrected chi connectivity index (χ2v) is 10.2. The fraction of sp³-hybridized carbons (Fsp3) is 0.350. The minimum Gasteiger partial charge on any atom is -0.507 e. The highest BCUT2D eigenvalue weighted by molar-refractivity contribution is 9.10. The first-order valence-corrected chi connectivity index (χ1v) is 12.0. The largest absolute Gasteiger partial charge is 0.573 e. The van der Waals surface area contributed by atoms with Crippen LogP contribution in [0.25, 0.3) is 0 Å². The molecule has 180 valence electrons. The molecule has 1 aliphatic heterocycles. The molecule has 8 nitrogen and oxygen atoms in total. The van der Waals surface area contributed by atoms with E-state index in [1.54, 1.807) is 0 Å². The predicted octanol–water partition coefficient (Wildman–Crippen LogP) is 3.33. The van der Waals surface area contributed by atoms with Crippen molar-refractivity contribution in [3.63, 3.8) is 0 Å². The summed E-state index contributed by atoms with van der Waals surface area (Å²) in [6.45, 7) is -0.179.